The first-order valence-electron chi connectivity index (χ1n) is 8.04. The van der Waals surface area contributed by atoms with Crippen molar-refractivity contribution >= 4 is 28.3 Å². The van der Waals surface area contributed by atoms with Crippen LogP contribution in [0.25, 0.3) is 11.5 Å². The lowest BCUT2D eigenvalue weighted by Gasteiger charge is -2.21. The summed E-state index contributed by atoms with van der Waals surface area (Å²) in [4.78, 5) is 0. The van der Waals surface area contributed by atoms with Gasteiger partial charge in [-0.3, -0.25) is 0 Å². The van der Waals surface area contributed by atoms with Gasteiger partial charge in [0.2, 0.25) is 11.8 Å². The number of aliphatic hydroxyl groups excluding tert-OH is 1. The van der Waals surface area contributed by atoms with E-state index in [-0.39, 0.29) is 0 Å². The molecule has 0 aliphatic carbocycles. The Morgan fingerprint density at radius 2 is 1.92 bits per heavy atom. The Bertz CT molecular complexity index is 948. The van der Waals surface area contributed by atoms with E-state index in [1.165, 1.54) is 0 Å². The zero-order valence-electron chi connectivity index (χ0n) is 14.3. The molecular formula is C19H17IN4O2. The number of nitrogens with zero attached hydrogens (tertiary/aromatic N) is 3. The highest BCUT2D eigenvalue weighted by Crippen LogP contribution is 2.29. The van der Waals surface area contributed by atoms with Crippen LogP contribution in [0.2, 0.25) is 0 Å². The summed E-state index contributed by atoms with van der Waals surface area (Å²) in [5.41, 5.74) is 3.17. The first-order chi connectivity index (χ1) is 12.5. The van der Waals surface area contributed by atoms with E-state index in [0.717, 1.165) is 20.4 Å². The Balaban J connectivity index is 1.91. The lowest BCUT2D eigenvalue weighted by molar-refractivity contribution is 0.159. The molecule has 0 spiro atoms. The van der Waals surface area contributed by atoms with Gasteiger partial charge in [0, 0.05) is 14.8 Å². The maximum Gasteiger partial charge on any atom is 0.247 e. The second kappa shape index (κ2) is 7.85. The minimum Gasteiger partial charge on any atom is -0.418 e. The van der Waals surface area contributed by atoms with E-state index in [2.05, 4.69) is 44.2 Å². The van der Waals surface area contributed by atoms with Gasteiger partial charge in [-0.25, -0.2) is 0 Å². The predicted octanol–water partition coefficient (Wildman–Crippen LogP) is 4.06. The van der Waals surface area contributed by atoms with E-state index < -0.39 is 12.1 Å². The van der Waals surface area contributed by atoms with Gasteiger partial charge in [0.1, 0.15) is 12.1 Å². The van der Waals surface area contributed by atoms with Gasteiger partial charge in [-0.15, -0.1) is 10.2 Å². The molecule has 0 saturated heterocycles. The van der Waals surface area contributed by atoms with Crippen LogP contribution in [0.5, 0.6) is 0 Å². The topological polar surface area (TPSA) is 95.0 Å². The Hall–Kier alpha value is -2.44. The summed E-state index contributed by atoms with van der Waals surface area (Å²) in [6, 6.07) is 14.6. The molecule has 132 valence electrons. The molecule has 2 atom stereocenters. The zero-order valence-corrected chi connectivity index (χ0v) is 16.4. The highest BCUT2D eigenvalue weighted by Gasteiger charge is 2.25. The van der Waals surface area contributed by atoms with Gasteiger partial charge in [0.25, 0.3) is 0 Å². The van der Waals surface area contributed by atoms with Gasteiger partial charge in [0.15, 0.2) is 0 Å². The second-order valence-electron chi connectivity index (χ2n) is 5.89. The van der Waals surface area contributed by atoms with Crippen LogP contribution in [0.4, 0.5) is 5.69 Å². The molecule has 0 amide bonds. The Kier molecular flexibility index (Phi) is 5.54. The Morgan fingerprint density at radius 3 is 2.58 bits per heavy atom. The van der Waals surface area contributed by atoms with Crippen LogP contribution in [-0.4, -0.2) is 21.4 Å². The molecule has 1 heterocycles. The molecule has 0 bridgehead atoms. The molecule has 0 fully saturated rings. The van der Waals surface area contributed by atoms with Crippen LogP contribution < -0.4 is 5.32 Å². The number of anilines is 1. The molecule has 3 aromatic rings. The minimum absolute atomic E-state index is 0.303. The van der Waals surface area contributed by atoms with Crippen molar-refractivity contribution in [2.75, 3.05) is 5.32 Å². The van der Waals surface area contributed by atoms with Crippen LogP contribution in [0, 0.1) is 21.8 Å². The van der Waals surface area contributed by atoms with E-state index in [1.54, 1.807) is 13.0 Å². The van der Waals surface area contributed by atoms with Gasteiger partial charge >= 0.3 is 0 Å². The highest BCUT2D eigenvalue weighted by atomic mass is 127. The summed E-state index contributed by atoms with van der Waals surface area (Å²) in [5.74, 6) is 0.705. The lowest BCUT2D eigenvalue weighted by Crippen LogP contribution is -2.23. The summed E-state index contributed by atoms with van der Waals surface area (Å²) in [7, 11) is 0. The van der Waals surface area contributed by atoms with Gasteiger partial charge in [-0.1, -0.05) is 18.2 Å². The largest absolute Gasteiger partial charge is 0.418 e. The number of aromatic nitrogens is 2. The summed E-state index contributed by atoms with van der Waals surface area (Å²) in [6.07, 6.45) is -0.758. The monoisotopic (exact) mass is 460 g/mol. The molecule has 3 rings (SSSR count). The maximum absolute atomic E-state index is 10.2. The lowest BCUT2D eigenvalue weighted by atomic mass is 10.1. The molecule has 6 nitrogen and oxygen atoms in total. The fraction of sp³-hybridized carbons (Fsp3) is 0.211. The van der Waals surface area contributed by atoms with Crippen molar-refractivity contribution in [1.82, 2.24) is 10.2 Å². The van der Waals surface area contributed by atoms with Crippen LogP contribution in [0.1, 0.15) is 30.0 Å². The van der Waals surface area contributed by atoms with Crippen molar-refractivity contribution in [2.24, 2.45) is 0 Å². The van der Waals surface area contributed by atoms with Crippen molar-refractivity contribution < 1.29 is 9.52 Å². The summed E-state index contributed by atoms with van der Waals surface area (Å²) in [5, 5.41) is 30.8. The number of hydrogen-bond acceptors (Lipinski definition) is 6. The molecule has 0 unspecified atom stereocenters. The molecule has 0 aliphatic heterocycles. The molecule has 0 radical (unpaired) electrons. The zero-order chi connectivity index (χ0) is 18.7. The standard InChI is InChI=1S/C19H17IN4O2/c1-11-15(9-8-14(10-21)16(11)20)22-17(12(2)25)19-24-23-18(26-19)13-6-4-3-5-7-13/h3-9,12,17,22,25H,1-2H3/t12-,17+/m0/s1. The van der Waals surface area contributed by atoms with Crippen molar-refractivity contribution in [3.8, 4) is 17.5 Å². The van der Waals surface area contributed by atoms with Gasteiger partial charge in [-0.05, 0) is 66.3 Å². The number of nitriles is 1. The van der Waals surface area contributed by atoms with Crippen molar-refractivity contribution in [3.63, 3.8) is 0 Å². The van der Waals surface area contributed by atoms with Crippen molar-refractivity contribution in [2.45, 2.75) is 26.0 Å². The molecular weight excluding hydrogens is 443 g/mol. The Labute approximate surface area is 165 Å². The molecule has 1 aromatic heterocycles. The fourth-order valence-electron chi connectivity index (χ4n) is 2.54. The third-order valence-corrected chi connectivity index (χ3v) is 5.42. The normalized spacial score (nSPS) is 13.0. The SMILES string of the molecule is Cc1c(N[C@@H](c2nnc(-c3ccccc3)o2)[C@H](C)O)ccc(C#N)c1I. The van der Waals surface area contributed by atoms with Crippen molar-refractivity contribution in [3.05, 3.63) is 63.1 Å². The van der Waals surface area contributed by atoms with Crippen LogP contribution >= 0.6 is 22.6 Å². The highest BCUT2D eigenvalue weighted by molar-refractivity contribution is 14.1. The molecule has 7 heteroatoms. The first kappa shape index (κ1) is 18.4. The third kappa shape index (κ3) is 3.71. The van der Waals surface area contributed by atoms with Gasteiger partial charge in [0.05, 0.1) is 11.7 Å². The van der Waals surface area contributed by atoms with E-state index >= 15 is 0 Å². The summed E-state index contributed by atoms with van der Waals surface area (Å²) < 4.78 is 6.65. The first-order valence-corrected chi connectivity index (χ1v) is 9.11. The number of hydrogen-bond donors (Lipinski definition) is 2. The van der Waals surface area contributed by atoms with E-state index in [9.17, 15) is 5.11 Å². The number of nitrogens with one attached hydrogen (secondary N) is 1. The second-order valence-corrected chi connectivity index (χ2v) is 6.96. The minimum atomic E-state index is -0.758. The average molecular weight is 460 g/mol. The number of halogens is 1. The molecule has 26 heavy (non-hydrogen) atoms. The van der Waals surface area contributed by atoms with Gasteiger partial charge < -0.3 is 14.8 Å². The van der Waals surface area contributed by atoms with E-state index in [0.29, 0.717) is 17.3 Å². The quantitative estimate of drug-likeness (QED) is 0.558. The molecule has 0 aliphatic rings. The molecule has 2 aromatic carbocycles. The number of benzene rings is 2. The van der Waals surface area contributed by atoms with E-state index in [1.807, 2.05) is 43.3 Å². The summed E-state index contributed by atoms with van der Waals surface area (Å²) >= 11 is 2.14. The maximum atomic E-state index is 10.2. The summed E-state index contributed by atoms with van der Waals surface area (Å²) in [6.45, 7) is 3.58. The smallest absolute Gasteiger partial charge is 0.247 e. The molecule has 2 N–H and O–H groups in total. The molecule has 0 saturated carbocycles. The van der Waals surface area contributed by atoms with Crippen LogP contribution in [0.15, 0.2) is 46.9 Å². The third-order valence-electron chi connectivity index (χ3n) is 4.03. The fourth-order valence-corrected chi connectivity index (χ4v) is 3.13. The van der Waals surface area contributed by atoms with Crippen molar-refractivity contribution in [1.29, 1.82) is 5.26 Å². The van der Waals surface area contributed by atoms with Crippen LogP contribution in [0.3, 0.4) is 0 Å². The van der Waals surface area contributed by atoms with Gasteiger partial charge in [-0.2, -0.15) is 5.26 Å². The average Bonchev–Trinajstić information content (AvgIpc) is 3.13. The number of rotatable bonds is 5. The Morgan fingerprint density at radius 1 is 1.19 bits per heavy atom. The van der Waals surface area contributed by atoms with E-state index in [4.69, 9.17) is 9.68 Å². The van der Waals surface area contributed by atoms with Crippen LogP contribution in [-0.2, 0) is 0 Å². The number of aliphatic hydroxyl groups is 1. The predicted molar refractivity (Wildman–Crippen MR) is 106 cm³/mol.